The minimum atomic E-state index is 0.0550. The van der Waals surface area contributed by atoms with Crippen molar-refractivity contribution in [2.75, 3.05) is 0 Å². The molecule has 1 aromatic carbocycles. The predicted molar refractivity (Wildman–Crippen MR) is 69.3 cm³/mol. The van der Waals surface area contributed by atoms with Gasteiger partial charge in [0.25, 0.3) is 0 Å². The minimum absolute atomic E-state index is 0.0550. The second kappa shape index (κ2) is 4.06. The molecule has 0 aliphatic carbocycles. The van der Waals surface area contributed by atoms with Crippen LogP contribution in [-0.2, 0) is 0 Å². The maximum atomic E-state index is 12.0. The molecule has 0 aliphatic rings. The van der Waals surface area contributed by atoms with Crippen LogP contribution < -0.4 is 5.43 Å². The van der Waals surface area contributed by atoms with Crippen molar-refractivity contribution < 1.29 is 4.42 Å². The summed E-state index contributed by atoms with van der Waals surface area (Å²) in [6.45, 7) is 5.78. The van der Waals surface area contributed by atoms with E-state index in [0.29, 0.717) is 16.5 Å². The number of hydrogen-bond acceptors (Lipinski definition) is 2. The van der Waals surface area contributed by atoms with Gasteiger partial charge in [-0.25, -0.2) is 0 Å². The topological polar surface area (TPSA) is 30.2 Å². The highest BCUT2D eigenvalue weighted by Gasteiger charge is 2.12. The monoisotopic (exact) mass is 280 g/mol. The average Bonchev–Trinajstić information content (AvgIpc) is 2.23. The smallest absolute Gasteiger partial charge is 0.195 e. The van der Waals surface area contributed by atoms with E-state index in [9.17, 15) is 4.79 Å². The molecule has 3 heteroatoms. The zero-order valence-corrected chi connectivity index (χ0v) is 11.1. The highest BCUT2D eigenvalue weighted by atomic mass is 79.9. The van der Waals surface area contributed by atoms with Crippen LogP contribution in [-0.4, -0.2) is 0 Å². The van der Waals surface area contributed by atoms with E-state index in [1.807, 2.05) is 26.0 Å². The lowest BCUT2D eigenvalue weighted by Gasteiger charge is -2.09. The molecular formula is C13H13BrO2. The van der Waals surface area contributed by atoms with Gasteiger partial charge in [0.1, 0.15) is 5.58 Å². The van der Waals surface area contributed by atoms with Crippen LogP contribution in [0.1, 0.15) is 28.4 Å². The number of aryl methyl sites for hydroxylation is 2. The molecule has 0 bridgehead atoms. The Labute approximate surface area is 102 Å². The number of halogens is 1. The summed E-state index contributed by atoms with van der Waals surface area (Å²) in [4.78, 5) is 12.1. The number of alkyl halides is 1. The van der Waals surface area contributed by atoms with E-state index in [4.69, 9.17) is 4.42 Å². The van der Waals surface area contributed by atoms with Gasteiger partial charge < -0.3 is 4.42 Å². The molecule has 0 aliphatic heterocycles. The highest BCUT2D eigenvalue weighted by molar-refractivity contribution is 9.09. The van der Waals surface area contributed by atoms with Crippen molar-refractivity contribution in [1.29, 1.82) is 0 Å². The molecular weight excluding hydrogens is 268 g/mol. The second-order valence-electron chi connectivity index (χ2n) is 4.09. The number of rotatable bonds is 1. The maximum Gasteiger partial charge on any atom is 0.195 e. The third kappa shape index (κ3) is 1.80. The molecule has 2 aromatic rings. The summed E-state index contributed by atoms with van der Waals surface area (Å²) in [6, 6.07) is 3.92. The largest absolute Gasteiger partial charge is 0.463 e. The zero-order chi connectivity index (χ0) is 11.9. The lowest BCUT2D eigenvalue weighted by atomic mass is 10.0. The van der Waals surface area contributed by atoms with E-state index in [1.165, 1.54) is 6.26 Å². The van der Waals surface area contributed by atoms with Crippen molar-refractivity contribution in [3.05, 3.63) is 45.3 Å². The van der Waals surface area contributed by atoms with E-state index in [2.05, 4.69) is 15.9 Å². The molecule has 0 amide bonds. The van der Waals surface area contributed by atoms with E-state index in [-0.39, 0.29) is 10.3 Å². The van der Waals surface area contributed by atoms with Crippen LogP contribution >= 0.6 is 15.9 Å². The van der Waals surface area contributed by atoms with Crippen LogP contribution in [0.3, 0.4) is 0 Å². The van der Waals surface area contributed by atoms with Crippen LogP contribution in [0, 0.1) is 13.8 Å². The molecule has 2 nitrogen and oxygen atoms in total. The van der Waals surface area contributed by atoms with Crippen LogP contribution in [0.4, 0.5) is 0 Å². The molecule has 0 fully saturated rings. The van der Waals surface area contributed by atoms with E-state index >= 15 is 0 Å². The molecule has 2 rings (SSSR count). The lowest BCUT2D eigenvalue weighted by molar-refractivity contribution is 0.592. The standard InChI is InChI=1S/C13H13BrO2/c1-7-4-10(9(3)14)13-11(5-7)12(15)8(2)6-16-13/h4-6,9H,1-3H3. The molecule has 1 unspecified atom stereocenters. The van der Waals surface area contributed by atoms with E-state index in [0.717, 1.165) is 11.1 Å². The first kappa shape index (κ1) is 11.4. The van der Waals surface area contributed by atoms with Gasteiger partial charge in [-0.15, -0.1) is 0 Å². The number of benzene rings is 1. The summed E-state index contributed by atoms with van der Waals surface area (Å²) in [5.41, 5.74) is 3.48. The Morgan fingerprint density at radius 3 is 2.62 bits per heavy atom. The molecule has 1 aromatic heterocycles. The summed E-state index contributed by atoms with van der Waals surface area (Å²) < 4.78 is 5.54. The van der Waals surface area contributed by atoms with E-state index < -0.39 is 0 Å². The fourth-order valence-electron chi connectivity index (χ4n) is 1.81. The van der Waals surface area contributed by atoms with E-state index in [1.54, 1.807) is 6.92 Å². The van der Waals surface area contributed by atoms with Crippen LogP contribution in [0.15, 0.2) is 27.6 Å². The molecule has 1 heterocycles. The fourth-order valence-corrected chi connectivity index (χ4v) is 2.15. The Morgan fingerprint density at radius 1 is 1.31 bits per heavy atom. The van der Waals surface area contributed by atoms with Gasteiger partial charge in [-0.2, -0.15) is 0 Å². The summed E-state index contributed by atoms with van der Waals surface area (Å²) in [5, 5.41) is 0.668. The van der Waals surface area contributed by atoms with Crippen LogP contribution in [0.2, 0.25) is 0 Å². The van der Waals surface area contributed by atoms with Crippen molar-refractivity contribution in [3.63, 3.8) is 0 Å². The zero-order valence-electron chi connectivity index (χ0n) is 9.50. The minimum Gasteiger partial charge on any atom is -0.463 e. The van der Waals surface area contributed by atoms with Gasteiger partial charge in [0, 0.05) is 16.0 Å². The number of hydrogen-bond donors (Lipinski definition) is 0. The summed E-state index contributed by atoms with van der Waals surface area (Å²) >= 11 is 3.52. The van der Waals surface area contributed by atoms with Crippen molar-refractivity contribution in [3.8, 4) is 0 Å². The normalized spacial score (nSPS) is 13.0. The van der Waals surface area contributed by atoms with Crippen molar-refractivity contribution in [2.45, 2.75) is 25.6 Å². The average molecular weight is 281 g/mol. The fraction of sp³-hybridized carbons (Fsp3) is 0.308. The van der Waals surface area contributed by atoms with Gasteiger partial charge in [-0.3, -0.25) is 4.79 Å². The molecule has 0 radical (unpaired) electrons. The third-order valence-corrected chi connectivity index (χ3v) is 3.14. The van der Waals surface area contributed by atoms with Gasteiger partial charge in [0.05, 0.1) is 11.6 Å². The van der Waals surface area contributed by atoms with Gasteiger partial charge in [-0.1, -0.05) is 22.0 Å². The van der Waals surface area contributed by atoms with Gasteiger partial charge in [0.15, 0.2) is 5.43 Å². The van der Waals surface area contributed by atoms with Gasteiger partial charge >= 0.3 is 0 Å². The Kier molecular flexibility index (Phi) is 2.89. The first-order chi connectivity index (χ1) is 7.50. The molecule has 0 N–H and O–H groups in total. The maximum absolute atomic E-state index is 12.0. The lowest BCUT2D eigenvalue weighted by Crippen LogP contribution is -2.06. The summed E-state index contributed by atoms with van der Waals surface area (Å²) in [5.74, 6) is 0. The van der Waals surface area contributed by atoms with Crippen molar-refractivity contribution in [1.82, 2.24) is 0 Å². The molecule has 16 heavy (non-hydrogen) atoms. The first-order valence-corrected chi connectivity index (χ1v) is 6.09. The van der Waals surface area contributed by atoms with Gasteiger partial charge in [-0.05, 0) is 32.4 Å². The Morgan fingerprint density at radius 2 is 2.00 bits per heavy atom. The SMILES string of the molecule is Cc1cc(C(C)Br)c2occ(C)c(=O)c2c1. The van der Waals surface area contributed by atoms with Crippen LogP contribution in [0.5, 0.6) is 0 Å². The Bertz CT molecular complexity index is 597. The second-order valence-corrected chi connectivity index (χ2v) is 5.47. The molecule has 84 valence electrons. The quantitative estimate of drug-likeness (QED) is 0.743. The molecule has 0 saturated carbocycles. The summed E-state index contributed by atoms with van der Waals surface area (Å²) in [7, 11) is 0. The van der Waals surface area contributed by atoms with Gasteiger partial charge in [0.2, 0.25) is 0 Å². The number of fused-ring (bicyclic) bond motifs is 1. The third-order valence-electron chi connectivity index (χ3n) is 2.65. The van der Waals surface area contributed by atoms with Crippen molar-refractivity contribution >= 4 is 26.9 Å². The Hall–Kier alpha value is -1.09. The highest BCUT2D eigenvalue weighted by Crippen LogP contribution is 2.29. The van der Waals surface area contributed by atoms with Crippen molar-refractivity contribution in [2.24, 2.45) is 0 Å². The summed E-state index contributed by atoms with van der Waals surface area (Å²) in [6.07, 6.45) is 1.53. The Balaban J connectivity index is 2.95. The molecule has 0 spiro atoms. The molecule has 0 saturated heterocycles. The van der Waals surface area contributed by atoms with Crippen LogP contribution in [0.25, 0.3) is 11.0 Å². The molecule has 1 atom stereocenters. The predicted octanol–water partition coefficient (Wildman–Crippen LogP) is 3.87. The first-order valence-electron chi connectivity index (χ1n) is 5.17.